The number of aromatic nitrogens is 3. The van der Waals surface area contributed by atoms with E-state index in [9.17, 15) is 19.7 Å². The number of hydrogen-bond acceptors (Lipinski definition) is 6. The molecule has 1 aliphatic heterocycles. The van der Waals surface area contributed by atoms with Gasteiger partial charge in [0.2, 0.25) is 0 Å². The highest BCUT2D eigenvalue weighted by Crippen LogP contribution is 2.42. The Kier molecular flexibility index (Phi) is 4.64. The van der Waals surface area contributed by atoms with Crippen molar-refractivity contribution in [2.45, 2.75) is 19.6 Å². The molecule has 0 N–H and O–H groups in total. The van der Waals surface area contributed by atoms with Crippen LogP contribution in [-0.4, -0.2) is 25.2 Å². The smallest absolute Gasteiger partial charge is 0.331 e. The van der Waals surface area contributed by atoms with Crippen molar-refractivity contribution in [2.24, 2.45) is 14.1 Å². The second kappa shape index (κ2) is 7.28. The van der Waals surface area contributed by atoms with Crippen LogP contribution in [0.5, 0.6) is 0 Å². The molecule has 0 bridgehead atoms. The van der Waals surface area contributed by atoms with Gasteiger partial charge in [-0.05, 0) is 18.4 Å². The highest BCUT2D eigenvalue weighted by molar-refractivity contribution is 7.10. The van der Waals surface area contributed by atoms with Crippen molar-refractivity contribution < 1.29 is 9.66 Å². The quantitative estimate of drug-likeness (QED) is 0.351. The van der Waals surface area contributed by atoms with Gasteiger partial charge in [-0.3, -0.25) is 24.0 Å². The monoisotopic (exact) mass is 452 g/mol. The van der Waals surface area contributed by atoms with Gasteiger partial charge in [0.1, 0.15) is 6.10 Å². The minimum absolute atomic E-state index is 0.0188. The van der Waals surface area contributed by atoms with Crippen molar-refractivity contribution in [1.29, 1.82) is 0 Å². The summed E-state index contributed by atoms with van der Waals surface area (Å²) < 4.78 is 10.6. The van der Waals surface area contributed by atoms with Crippen LogP contribution >= 0.6 is 11.3 Å². The third-order valence-electron chi connectivity index (χ3n) is 6.03. The SMILES string of the molecule is Cc1ccc(-c2c3c(=O)n(C)c(=O)n(C)c3c3n2CCOC3c2cccs2)cc1[N+](=O)[O-]. The van der Waals surface area contributed by atoms with Gasteiger partial charge in [-0.2, -0.15) is 0 Å². The maximum atomic E-state index is 13.4. The molecule has 0 aliphatic carbocycles. The van der Waals surface area contributed by atoms with Gasteiger partial charge < -0.3 is 9.30 Å². The first-order valence-corrected chi connectivity index (χ1v) is 10.9. The van der Waals surface area contributed by atoms with Gasteiger partial charge in [0.15, 0.2) is 0 Å². The van der Waals surface area contributed by atoms with Gasteiger partial charge >= 0.3 is 5.69 Å². The van der Waals surface area contributed by atoms with Gasteiger partial charge in [-0.15, -0.1) is 11.3 Å². The normalized spacial score (nSPS) is 15.8. The third-order valence-corrected chi connectivity index (χ3v) is 6.95. The zero-order valence-corrected chi connectivity index (χ0v) is 18.5. The lowest BCUT2D eigenvalue weighted by Crippen LogP contribution is -2.37. The first-order chi connectivity index (χ1) is 15.3. The number of fused-ring (bicyclic) bond motifs is 3. The van der Waals surface area contributed by atoms with Crippen molar-refractivity contribution in [3.05, 3.63) is 82.8 Å². The second-order valence-electron chi connectivity index (χ2n) is 7.84. The van der Waals surface area contributed by atoms with E-state index in [0.29, 0.717) is 46.6 Å². The first-order valence-electron chi connectivity index (χ1n) is 10.0. The highest BCUT2D eigenvalue weighted by Gasteiger charge is 2.33. The molecule has 32 heavy (non-hydrogen) atoms. The number of ether oxygens (including phenoxy) is 1. The fourth-order valence-electron chi connectivity index (χ4n) is 4.49. The maximum Gasteiger partial charge on any atom is 0.331 e. The molecule has 1 aliphatic rings. The number of benzene rings is 1. The van der Waals surface area contributed by atoms with E-state index in [-0.39, 0.29) is 5.69 Å². The number of nitro groups is 1. The summed E-state index contributed by atoms with van der Waals surface area (Å²) in [4.78, 5) is 38.3. The van der Waals surface area contributed by atoms with E-state index >= 15 is 0 Å². The Balaban J connectivity index is 1.96. The molecule has 4 heterocycles. The van der Waals surface area contributed by atoms with Crippen LogP contribution in [0, 0.1) is 17.0 Å². The van der Waals surface area contributed by atoms with Crippen molar-refractivity contribution >= 4 is 27.9 Å². The molecule has 1 atom stereocenters. The van der Waals surface area contributed by atoms with Crippen molar-refractivity contribution in [1.82, 2.24) is 13.7 Å². The average Bonchev–Trinajstić information content (AvgIpc) is 3.43. The van der Waals surface area contributed by atoms with Crippen LogP contribution in [0.4, 0.5) is 5.69 Å². The van der Waals surface area contributed by atoms with E-state index in [0.717, 1.165) is 9.44 Å². The summed E-state index contributed by atoms with van der Waals surface area (Å²) in [6.07, 6.45) is -0.446. The first kappa shape index (κ1) is 20.4. The fourth-order valence-corrected chi connectivity index (χ4v) is 5.27. The molecule has 10 heteroatoms. The molecule has 0 fully saturated rings. The number of thiophene rings is 1. The Labute approximate surface area is 185 Å². The Morgan fingerprint density at radius 1 is 1.19 bits per heavy atom. The lowest BCUT2D eigenvalue weighted by atomic mass is 10.1. The van der Waals surface area contributed by atoms with E-state index in [1.54, 1.807) is 26.1 Å². The fraction of sp³-hybridized carbons (Fsp3) is 0.273. The number of nitro benzene ring substituents is 1. The summed E-state index contributed by atoms with van der Waals surface area (Å²) in [7, 11) is 3.07. The van der Waals surface area contributed by atoms with Crippen molar-refractivity contribution in [3.8, 4) is 11.3 Å². The zero-order valence-electron chi connectivity index (χ0n) is 17.7. The Hall–Kier alpha value is -3.50. The Bertz CT molecular complexity index is 1510. The van der Waals surface area contributed by atoms with Gasteiger partial charge in [-0.25, -0.2) is 4.79 Å². The van der Waals surface area contributed by atoms with Crippen molar-refractivity contribution in [2.75, 3.05) is 6.61 Å². The van der Waals surface area contributed by atoms with Crippen LogP contribution in [0.2, 0.25) is 0 Å². The number of nitrogens with zero attached hydrogens (tertiary/aromatic N) is 4. The largest absolute Gasteiger partial charge is 0.364 e. The minimum Gasteiger partial charge on any atom is -0.364 e. The Morgan fingerprint density at radius 3 is 2.66 bits per heavy atom. The van der Waals surface area contributed by atoms with E-state index in [1.165, 1.54) is 29.0 Å². The van der Waals surface area contributed by atoms with Gasteiger partial charge in [0.05, 0.1) is 33.8 Å². The molecule has 0 spiro atoms. The summed E-state index contributed by atoms with van der Waals surface area (Å²) >= 11 is 1.53. The molecule has 9 nitrogen and oxygen atoms in total. The van der Waals surface area contributed by atoms with Crippen molar-refractivity contribution in [3.63, 3.8) is 0 Å². The second-order valence-corrected chi connectivity index (χ2v) is 8.82. The third kappa shape index (κ3) is 2.80. The van der Waals surface area contributed by atoms with E-state index in [1.807, 2.05) is 22.1 Å². The van der Waals surface area contributed by atoms with Crippen LogP contribution in [0.25, 0.3) is 22.2 Å². The molecule has 0 saturated carbocycles. The van der Waals surface area contributed by atoms with Gasteiger partial charge in [0, 0.05) is 42.7 Å². The molecule has 1 aromatic carbocycles. The lowest BCUT2D eigenvalue weighted by Gasteiger charge is -2.26. The molecule has 164 valence electrons. The standard InChI is InChI=1S/C22H20N4O5S/c1-12-6-7-13(11-14(12)26(29)30)17-16-18(23(2)22(28)24(3)21(16)27)19-20(15-5-4-10-32-15)31-9-8-25(17)19/h4-7,10-11,20H,8-9H2,1-3H3. The molecule has 3 aromatic heterocycles. The number of hydrogen-bond donors (Lipinski definition) is 0. The molecule has 0 amide bonds. The summed E-state index contributed by atoms with van der Waals surface area (Å²) in [6, 6.07) is 8.85. The molecule has 5 rings (SSSR count). The molecule has 1 unspecified atom stereocenters. The number of rotatable bonds is 3. The minimum atomic E-state index is -0.446. The molecule has 0 saturated heterocycles. The van der Waals surface area contributed by atoms with Crippen LogP contribution in [0.15, 0.2) is 45.3 Å². The number of aryl methyl sites for hydroxylation is 2. The molecule has 4 aromatic rings. The van der Waals surface area contributed by atoms with Gasteiger partial charge in [0.25, 0.3) is 11.2 Å². The lowest BCUT2D eigenvalue weighted by molar-refractivity contribution is -0.385. The predicted octanol–water partition coefficient (Wildman–Crippen LogP) is 3.10. The van der Waals surface area contributed by atoms with E-state index in [4.69, 9.17) is 4.74 Å². The topological polar surface area (TPSA) is 101 Å². The summed E-state index contributed by atoms with van der Waals surface area (Å²) in [5, 5.41) is 13.9. The maximum absolute atomic E-state index is 13.4. The Morgan fingerprint density at radius 2 is 1.97 bits per heavy atom. The highest BCUT2D eigenvalue weighted by atomic mass is 32.1. The van der Waals surface area contributed by atoms with Crippen LogP contribution in [-0.2, 0) is 25.4 Å². The van der Waals surface area contributed by atoms with Crippen LogP contribution in [0.3, 0.4) is 0 Å². The summed E-state index contributed by atoms with van der Waals surface area (Å²) in [5.74, 6) is 0. The zero-order chi connectivity index (χ0) is 22.7. The summed E-state index contributed by atoms with van der Waals surface area (Å²) in [5.41, 5.74) is 1.98. The van der Waals surface area contributed by atoms with Gasteiger partial charge in [-0.1, -0.05) is 18.2 Å². The molecular weight excluding hydrogens is 432 g/mol. The van der Waals surface area contributed by atoms with E-state index < -0.39 is 22.3 Å². The van der Waals surface area contributed by atoms with E-state index in [2.05, 4.69) is 0 Å². The molecular formula is C22H20N4O5S. The predicted molar refractivity (Wildman–Crippen MR) is 121 cm³/mol. The summed E-state index contributed by atoms with van der Waals surface area (Å²) in [6.45, 7) is 2.54. The molecule has 0 radical (unpaired) electrons. The van der Waals surface area contributed by atoms with Crippen LogP contribution in [0.1, 0.15) is 22.2 Å². The van der Waals surface area contributed by atoms with Crippen LogP contribution < -0.4 is 11.2 Å². The average molecular weight is 452 g/mol.